The molecular weight excluding hydrogens is 219 g/mol. The molecule has 92 valence electrons. The minimum absolute atomic E-state index is 0.0917. The van der Waals surface area contributed by atoms with Crippen LogP contribution in [0.15, 0.2) is 24.3 Å². The van der Waals surface area contributed by atoms with Gasteiger partial charge in [-0.15, -0.1) is 0 Å². The van der Waals surface area contributed by atoms with Crippen LogP contribution in [0.25, 0.3) is 0 Å². The molecule has 0 saturated carbocycles. The van der Waals surface area contributed by atoms with Crippen LogP contribution < -0.4 is 5.32 Å². The van der Waals surface area contributed by atoms with E-state index in [2.05, 4.69) is 5.32 Å². The van der Waals surface area contributed by atoms with Crippen LogP contribution in [0.5, 0.6) is 0 Å². The van der Waals surface area contributed by atoms with Crippen molar-refractivity contribution in [3.05, 3.63) is 35.6 Å². The fraction of sp³-hybridized carbons (Fsp3) is 0.462. The molecule has 0 spiro atoms. The number of nitrogens with zero attached hydrogens (tertiary/aromatic N) is 1. The van der Waals surface area contributed by atoms with Gasteiger partial charge in [0.2, 0.25) is 0 Å². The summed E-state index contributed by atoms with van der Waals surface area (Å²) in [5.41, 5.74) is 0.422. The van der Waals surface area contributed by atoms with E-state index in [-0.39, 0.29) is 23.8 Å². The van der Waals surface area contributed by atoms with E-state index in [1.165, 1.54) is 12.1 Å². The lowest BCUT2D eigenvalue weighted by atomic mass is 10.1. The molecule has 2 unspecified atom stereocenters. The number of amides is 1. The fourth-order valence-electron chi connectivity index (χ4n) is 2.30. The highest BCUT2D eigenvalue weighted by Gasteiger charge is 2.29. The first-order valence-corrected chi connectivity index (χ1v) is 5.88. The zero-order valence-corrected chi connectivity index (χ0v) is 10.1. The summed E-state index contributed by atoms with van der Waals surface area (Å²) in [7, 11) is 0. The molecule has 1 saturated heterocycles. The highest BCUT2D eigenvalue weighted by Crippen LogP contribution is 2.15. The third kappa shape index (κ3) is 2.47. The summed E-state index contributed by atoms with van der Waals surface area (Å²) in [5.74, 6) is -0.461. The molecule has 0 radical (unpaired) electrons. The Labute approximate surface area is 101 Å². The minimum Gasteiger partial charge on any atom is -0.331 e. The highest BCUT2D eigenvalue weighted by molar-refractivity contribution is 5.94. The number of hydrogen-bond donors (Lipinski definition) is 1. The number of nitrogens with one attached hydrogen (secondary N) is 1. The summed E-state index contributed by atoms with van der Waals surface area (Å²) >= 11 is 0. The molecule has 2 atom stereocenters. The number of rotatable bonds is 1. The molecular formula is C13H17FN2O. The van der Waals surface area contributed by atoms with Gasteiger partial charge in [0.15, 0.2) is 0 Å². The van der Waals surface area contributed by atoms with E-state index in [0.29, 0.717) is 5.56 Å². The Morgan fingerprint density at radius 3 is 2.59 bits per heavy atom. The maximum Gasteiger partial charge on any atom is 0.254 e. The van der Waals surface area contributed by atoms with Crippen molar-refractivity contribution in [2.24, 2.45) is 0 Å². The van der Waals surface area contributed by atoms with Gasteiger partial charge in [-0.2, -0.15) is 0 Å². The molecule has 1 heterocycles. The Morgan fingerprint density at radius 1 is 1.35 bits per heavy atom. The molecule has 0 aromatic heterocycles. The molecule has 1 amide bonds. The molecule has 1 aliphatic rings. The maximum absolute atomic E-state index is 13.1. The fourth-order valence-corrected chi connectivity index (χ4v) is 2.30. The second-order valence-corrected chi connectivity index (χ2v) is 4.58. The highest BCUT2D eigenvalue weighted by atomic mass is 19.1. The molecule has 2 rings (SSSR count). The van der Waals surface area contributed by atoms with Gasteiger partial charge >= 0.3 is 0 Å². The Hall–Kier alpha value is -1.42. The van der Waals surface area contributed by atoms with Gasteiger partial charge in [0.25, 0.3) is 5.91 Å². The number of benzene rings is 1. The van der Waals surface area contributed by atoms with Gasteiger partial charge in [-0.3, -0.25) is 4.79 Å². The largest absolute Gasteiger partial charge is 0.331 e. The van der Waals surface area contributed by atoms with Crippen molar-refractivity contribution in [3.8, 4) is 0 Å². The van der Waals surface area contributed by atoms with Gasteiger partial charge in [-0.05, 0) is 32.0 Å². The van der Waals surface area contributed by atoms with Crippen molar-refractivity contribution >= 4 is 5.91 Å². The third-order valence-electron chi connectivity index (χ3n) is 3.14. The van der Waals surface area contributed by atoms with Crippen molar-refractivity contribution in [1.29, 1.82) is 0 Å². The van der Waals surface area contributed by atoms with Crippen molar-refractivity contribution in [3.63, 3.8) is 0 Å². The topological polar surface area (TPSA) is 32.3 Å². The lowest BCUT2D eigenvalue weighted by Gasteiger charge is -2.39. The van der Waals surface area contributed by atoms with E-state index in [9.17, 15) is 9.18 Å². The minimum atomic E-state index is -0.369. The van der Waals surface area contributed by atoms with E-state index >= 15 is 0 Å². The second kappa shape index (κ2) is 4.84. The van der Waals surface area contributed by atoms with Crippen molar-refractivity contribution in [1.82, 2.24) is 10.2 Å². The standard InChI is InChI=1S/C13H17FN2O/c1-9-7-15-8-10(2)16(9)13(17)11-4-3-5-12(14)6-11/h3-6,9-10,15H,7-8H2,1-2H3. The summed E-state index contributed by atoms with van der Waals surface area (Å²) in [5, 5.41) is 3.26. The lowest BCUT2D eigenvalue weighted by molar-refractivity contribution is 0.0544. The van der Waals surface area contributed by atoms with Gasteiger partial charge in [0, 0.05) is 30.7 Å². The van der Waals surface area contributed by atoms with Crippen molar-refractivity contribution < 1.29 is 9.18 Å². The zero-order valence-electron chi connectivity index (χ0n) is 10.1. The molecule has 1 N–H and O–H groups in total. The SMILES string of the molecule is CC1CNCC(C)N1C(=O)c1cccc(F)c1. The van der Waals surface area contributed by atoms with Crippen LogP contribution in [0, 0.1) is 5.82 Å². The smallest absolute Gasteiger partial charge is 0.254 e. The lowest BCUT2D eigenvalue weighted by Crippen LogP contribution is -2.57. The monoisotopic (exact) mass is 236 g/mol. The Bertz CT molecular complexity index is 412. The van der Waals surface area contributed by atoms with Gasteiger partial charge in [-0.1, -0.05) is 6.07 Å². The predicted octanol–water partition coefficient (Wildman–Crippen LogP) is 1.65. The van der Waals surface area contributed by atoms with Crippen LogP contribution in [0.1, 0.15) is 24.2 Å². The maximum atomic E-state index is 13.1. The molecule has 0 aliphatic carbocycles. The predicted molar refractivity (Wildman–Crippen MR) is 64.4 cm³/mol. The molecule has 3 nitrogen and oxygen atoms in total. The zero-order chi connectivity index (χ0) is 12.4. The van der Waals surface area contributed by atoms with Crippen LogP contribution in [-0.2, 0) is 0 Å². The number of piperazine rings is 1. The number of carbonyl (C=O) groups is 1. The van der Waals surface area contributed by atoms with Crippen LogP contribution >= 0.6 is 0 Å². The van der Waals surface area contributed by atoms with Crippen LogP contribution in [0.4, 0.5) is 4.39 Å². The van der Waals surface area contributed by atoms with Crippen LogP contribution in [0.3, 0.4) is 0 Å². The molecule has 0 bridgehead atoms. The normalized spacial score (nSPS) is 24.8. The van der Waals surface area contributed by atoms with Gasteiger partial charge in [0.05, 0.1) is 0 Å². The Kier molecular flexibility index (Phi) is 3.43. The molecule has 1 fully saturated rings. The average molecular weight is 236 g/mol. The third-order valence-corrected chi connectivity index (χ3v) is 3.14. The first kappa shape index (κ1) is 12.0. The van der Waals surface area contributed by atoms with Crippen molar-refractivity contribution in [2.75, 3.05) is 13.1 Å². The van der Waals surface area contributed by atoms with Gasteiger partial charge < -0.3 is 10.2 Å². The number of hydrogen-bond acceptors (Lipinski definition) is 2. The van der Waals surface area contributed by atoms with E-state index < -0.39 is 0 Å². The molecule has 1 aliphatic heterocycles. The molecule has 1 aromatic rings. The summed E-state index contributed by atoms with van der Waals surface area (Å²) in [6, 6.07) is 6.14. The Balaban J connectivity index is 2.24. The van der Waals surface area contributed by atoms with Gasteiger partial charge in [-0.25, -0.2) is 4.39 Å². The summed E-state index contributed by atoms with van der Waals surface area (Å²) < 4.78 is 13.1. The van der Waals surface area contributed by atoms with E-state index in [0.717, 1.165) is 13.1 Å². The van der Waals surface area contributed by atoms with E-state index in [1.54, 1.807) is 12.1 Å². The van der Waals surface area contributed by atoms with Crippen molar-refractivity contribution in [2.45, 2.75) is 25.9 Å². The number of halogens is 1. The van der Waals surface area contributed by atoms with E-state index in [1.807, 2.05) is 18.7 Å². The first-order chi connectivity index (χ1) is 8.09. The Morgan fingerprint density at radius 2 is 2.00 bits per heavy atom. The second-order valence-electron chi connectivity index (χ2n) is 4.58. The first-order valence-electron chi connectivity index (χ1n) is 5.88. The summed E-state index contributed by atoms with van der Waals surface area (Å²) in [4.78, 5) is 14.1. The quantitative estimate of drug-likeness (QED) is 0.804. The molecule has 17 heavy (non-hydrogen) atoms. The molecule has 4 heteroatoms. The van der Waals surface area contributed by atoms with E-state index in [4.69, 9.17) is 0 Å². The number of carbonyl (C=O) groups excluding carboxylic acids is 1. The molecule has 1 aromatic carbocycles. The van der Waals surface area contributed by atoms with Crippen LogP contribution in [-0.4, -0.2) is 36.0 Å². The summed E-state index contributed by atoms with van der Waals surface area (Å²) in [6.45, 7) is 5.57. The van der Waals surface area contributed by atoms with Crippen LogP contribution in [0.2, 0.25) is 0 Å². The average Bonchev–Trinajstić information content (AvgIpc) is 2.28. The van der Waals surface area contributed by atoms with Gasteiger partial charge in [0.1, 0.15) is 5.82 Å². The summed E-state index contributed by atoms with van der Waals surface area (Å²) in [6.07, 6.45) is 0.